The van der Waals surface area contributed by atoms with Gasteiger partial charge >= 0.3 is 0 Å². The minimum absolute atomic E-state index is 0.564. The van der Waals surface area contributed by atoms with Gasteiger partial charge in [0.25, 0.3) is 0 Å². The Hall–Kier alpha value is -1.66. The molecular weight excluding hydrogens is 332 g/mol. The first-order valence-electron chi connectivity index (χ1n) is 6.66. The fourth-order valence-electron chi connectivity index (χ4n) is 1.84. The molecule has 0 radical (unpaired) electrons. The molecule has 0 fully saturated rings. The van der Waals surface area contributed by atoms with Gasteiger partial charge in [0.1, 0.15) is 5.82 Å². The Morgan fingerprint density at radius 3 is 2.48 bits per heavy atom. The van der Waals surface area contributed by atoms with Crippen LogP contribution in [0.25, 0.3) is 0 Å². The maximum absolute atomic E-state index is 9.92. The monoisotopic (exact) mass is 350 g/mol. The van der Waals surface area contributed by atoms with E-state index in [0.717, 1.165) is 21.4 Å². The molecule has 21 heavy (non-hydrogen) atoms. The Morgan fingerprint density at radius 2 is 1.90 bits per heavy atom. The Bertz CT molecular complexity index is 608. The summed E-state index contributed by atoms with van der Waals surface area (Å²) in [6, 6.07) is 7.83. The Balaban J connectivity index is 2.03. The molecule has 0 spiro atoms. The quantitative estimate of drug-likeness (QED) is 0.772. The fourth-order valence-corrected chi connectivity index (χ4v) is 2.23. The van der Waals surface area contributed by atoms with Crippen LogP contribution in [-0.4, -0.2) is 22.1 Å². The predicted octanol–water partition coefficient (Wildman–Crippen LogP) is 3.12. The SMILES string of the molecule is CNc1nc(NCc2ccc(C(C)(C)O)cc2)ncc1Br. The summed E-state index contributed by atoms with van der Waals surface area (Å²) >= 11 is 3.37. The molecule has 1 aromatic carbocycles. The summed E-state index contributed by atoms with van der Waals surface area (Å²) in [4.78, 5) is 8.55. The predicted molar refractivity (Wildman–Crippen MR) is 88.3 cm³/mol. The summed E-state index contributed by atoms with van der Waals surface area (Å²) in [6.07, 6.45) is 1.71. The Kier molecular flexibility index (Phi) is 4.80. The molecule has 6 heteroatoms. The number of nitrogens with zero attached hydrogens (tertiary/aromatic N) is 2. The van der Waals surface area contributed by atoms with E-state index < -0.39 is 5.60 Å². The first kappa shape index (κ1) is 15.7. The van der Waals surface area contributed by atoms with E-state index in [1.807, 2.05) is 31.3 Å². The molecule has 0 aliphatic heterocycles. The van der Waals surface area contributed by atoms with Crippen molar-refractivity contribution >= 4 is 27.7 Å². The first-order chi connectivity index (χ1) is 9.90. The zero-order valence-corrected chi connectivity index (χ0v) is 13.9. The molecule has 0 saturated heterocycles. The number of aliphatic hydroxyl groups is 1. The van der Waals surface area contributed by atoms with E-state index in [1.54, 1.807) is 20.0 Å². The van der Waals surface area contributed by atoms with Gasteiger partial charge in [-0.1, -0.05) is 24.3 Å². The number of rotatable bonds is 5. The number of anilines is 2. The summed E-state index contributed by atoms with van der Waals surface area (Å²) < 4.78 is 0.824. The topological polar surface area (TPSA) is 70.1 Å². The Morgan fingerprint density at radius 1 is 1.24 bits per heavy atom. The highest BCUT2D eigenvalue weighted by atomic mass is 79.9. The molecule has 0 amide bonds. The number of hydrogen-bond acceptors (Lipinski definition) is 5. The number of halogens is 1. The third-order valence-electron chi connectivity index (χ3n) is 3.09. The second-order valence-corrected chi connectivity index (χ2v) is 6.10. The smallest absolute Gasteiger partial charge is 0.224 e. The van der Waals surface area contributed by atoms with Crippen molar-refractivity contribution in [2.45, 2.75) is 26.0 Å². The van der Waals surface area contributed by atoms with Gasteiger partial charge in [-0.05, 0) is 40.9 Å². The molecule has 2 aromatic rings. The molecule has 1 heterocycles. The third-order valence-corrected chi connectivity index (χ3v) is 3.67. The van der Waals surface area contributed by atoms with Crippen LogP contribution in [-0.2, 0) is 12.1 Å². The fraction of sp³-hybridized carbons (Fsp3) is 0.333. The zero-order valence-electron chi connectivity index (χ0n) is 12.3. The van der Waals surface area contributed by atoms with E-state index in [-0.39, 0.29) is 0 Å². The lowest BCUT2D eigenvalue weighted by atomic mass is 9.97. The number of benzene rings is 1. The lowest BCUT2D eigenvalue weighted by Crippen LogP contribution is -2.15. The summed E-state index contributed by atoms with van der Waals surface area (Å²) in [7, 11) is 1.81. The van der Waals surface area contributed by atoms with Crippen LogP contribution in [0.4, 0.5) is 11.8 Å². The molecule has 0 bridgehead atoms. The van der Waals surface area contributed by atoms with Crippen molar-refractivity contribution in [2.75, 3.05) is 17.7 Å². The largest absolute Gasteiger partial charge is 0.386 e. The van der Waals surface area contributed by atoms with Crippen molar-refractivity contribution < 1.29 is 5.11 Å². The molecular formula is C15H19BrN4O. The normalized spacial score (nSPS) is 11.3. The average molecular weight is 351 g/mol. The van der Waals surface area contributed by atoms with Crippen molar-refractivity contribution in [1.29, 1.82) is 0 Å². The first-order valence-corrected chi connectivity index (χ1v) is 7.45. The summed E-state index contributed by atoms with van der Waals surface area (Å²) in [5.41, 5.74) is 1.17. The van der Waals surface area contributed by atoms with Gasteiger partial charge in [-0.15, -0.1) is 0 Å². The van der Waals surface area contributed by atoms with Crippen LogP contribution >= 0.6 is 15.9 Å². The van der Waals surface area contributed by atoms with Crippen LogP contribution in [0.3, 0.4) is 0 Å². The van der Waals surface area contributed by atoms with Crippen LogP contribution in [0, 0.1) is 0 Å². The van der Waals surface area contributed by atoms with E-state index in [2.05, 4.69) is 36.5 Å². The molecule has 5 nitrogen and oxygen atoms in total. The third kappa shape index (κ3) is 4.15. The van der Waals surface area contributed by atoms with Gasteiger partial charge in [0.2, 0.25) is 5.95 Å². The van der Waals surface area contributed by atoms with Crippen molar-refractivity contribution in [3.05, 3.63) is 46.1 Å². The highest BCUT2D eigenvalue weighted by Gasteiger charge is 2.15. The number of aromatic nitrogens is 2. The molecule has 0 aliphatic rings. The van der Waals surface area contributed by atoms with E-state index in [4.69, 9.17) is 0 Å². The van der Waals surface area contributed by atoms with Crippen molar-refractivity contribution in [2.24, 2.45) is 0 Å². The Labute approximate surface area is 133 Å². The van der Waals surface area contributed by atoms with Gasteiger partial charge in [-0.2, -0.15) is 4.98 Å². The molecule has 0 saturated carbocycles. The molecule has 3 N–H and O–H groups in total. The van der Waals surface area contributed by atoms with Crippen molar-refractivity contribution in [1.82, 2.24) is 9.97 Å². The average Bonchev–Trinajstić information content (AvgIpc) is 2.46. The standard InChI is InChI=1S/C15H19BrN4O/c1-15(2,21)11-6-4-10(5-7-11)8-18-14-19-9-12(16)13(17-3)20-14/h4-7,9,21H,8H2,1-3H3,(H2,17,18,19,20). The minimum Gasteiger partial charge on any atom is -0.386 e. The van der Waals surface area contributed by atoms with Gasteiger partial charge in [-0.3, -0.25) is 0 Å². The maximum atomic E-state index is 9.92. The molecule has 1 aromatic heterocycles. The molecule has 112 valence electrons. The van der Waals surface area contributed by atoms with Crippen LogP contribution in [0.2, 0.25) is 0 Å². The van der Waals surface area contributed by atoms with Crippen LogP contribution < -0.4 is 10.6 Å². The van der Waals surface area contributed by atoms with Crippen LogP contribution in [0.15, 0.2) is 34.9 Å². The molecule has 0 aliphatic carbocycles. The zero-order chi connectivity index (χ0) is 15.5. The lowest BCUT2D eigenvalue weighted by molar-refractivity contribution is 0.0786. The van der Waals surface area contributed by atoms with Gasteiger partial charge in [-0.25, -0.2) is 4.98 Å². The van der Waals surface area contributed by atoms with Crippen molar-refractivity contribution in [3.63, 3.8) is 0 Å². The number of hydrogen-bond donors (Lipinski definition) is 3. The van der Waals surface area contributed by atoms with E-state index in [1.165, 1.54) is 0 Å². The highest BCUT2D eigenvalue weighted by Crippen LogP contribution is 2.21. The van der Waals surface area contributed by atoms with E-state index >= 15 is 0 Å². The molecule has 2 rings (SSSR count). The van der Waals surface area contributed by atoms with Crippen molar-refractivity contribution in [3.8, 4) is 0 Å². The summed E-state index contributed by atoms with van der Waals surface area (Å²) in [5.74, 6) is 1.30. The molecule has 0 unspecified atom stereocenters. The van der Waals surface area contributed by atoms with Gasteiger partial charge in [0.15, 0.2) is 0 Å². The van der Waals surface area contributed by atoms with Crippen LogP contribution in [0.1, 0.15) is 25.0 Å². The second-order valence-electron chi connectivity index (χ2n) is 5.25. The summed E-state index contributed by atoms with van der Waals surface area (Å²) in [6.45, 7) is 4.17. The maximum Gasteiger partial charge on any atom is 0.224 e. The van der Waals surface area contributed by atoms with Gasteiger partial charge in [0.05, 0.1) is 10.1 Å². The highest BCUT2D eigenvalue weighted by molar-refractivity contribution is 9.10. The van der Waals surface area contributed by atoms with Gasteiger partial charge < -0.3 is 15.7 Å². The lowest BCUT2D eigenvalue weighted by Gasteiger charge is -2.18. The number of nitrogens with one attached hydrogen (secondary N) is 2. The van der Waals surface area contributed by atoms with Crippen LogP contribution in [0.5, 0.6) is 0 Å². The summed E-state index contributed by atoms with van der Waals surface area (Å²) in [5, 5.41) is 16.1. The van der Waals surface area contributed by atoms with Gasteiger partial charge in [0, 0.05) is 19.8 Å². The second kappa shape index (κ2) is 6.41. The van der Waals surface area contributed by atoms with E-state index in [0.29, 0.717) is 12.5 Å². The minimum atomic E-state index is -0.817. The van der Waals surface area contributed by atoms with E-state index in [9.17, 15) is 5.11 Å². The molecule has 0 atom stereocenters.